The summed E-state index contributed by atoms with van der Waals surface area (Å²) in [4.78, 5) is 11.5. The van der Waals surface area contributed by atoms with Crippen molar-refractivity contribution in [2.24, 2.45) is 0 Å². The average Bonchev–Trinajstić information content (AvgIpc) is 2.20. The smallest absolute Gasteiger partial charge is 0.251 e. The van der Waals surface area contributed by atoms with E-state index in [0.29, 0.717) is 12.1 Å². The quantitative estimate of drug-likeness (QED) is 0.820. The van der Waals surface area contributed by atoms with Crippen LogP contribution in [-0.2, 0) is 0 Å². The zero-order valence-electron chi connectivity index (χ0n) is 8.73. The van der Waals surface area contributed by atoms with E-state index < -0.39 is 11.6 Å². The van der Waals surface area contributed by atoms with Gasteiger partial charge in [-0.05, 0) is 31.0 Å². The lowest BCUT2D eigenvalue weighted by Gasteiger charge is -2.07. The van der Waals surface area contributed by atoms with Crippen LogP contribution in [0.4, 0.5) is 8.78 Å². The number of carbonyl (C=O) groups is 1. The van der Waals surface area contributed by atoms with E-state index in [1.807, 2.05) is 6.92 Å². The Balaban J connectivity index is 2.94. The monoisotopic (exact) mass is 213 g/mol. The van der Waals surface area contributed by atoms with Gasteiger partial charge in [-0.1, -0.05) is 6.92 Å². The zero-order valence-corrected chi connectivity index (χ0v) is 8.73. The summed E-state index contributed by atoms with van der Waals surface area (Å²) in [5.41, 5.74) is 0.616. The van der Waals surface area contributed by atoms with Crippen molar-refractivity contribution in [2.45, 2.75) is 20.3 Å². The number of aryl methyl sites for hydroxylation is 1. The third kappa shape index (κ3) is 2.75. The van der Waals surface area contributed by atoms with Gasteiger partial charge in [-0.25, -0.2) is 8.78 Å². The minimum atomic E-state index is -0.998. The van der Waals surface area contributed by atoms with E-state index in [2.05, 4.69) is 5.32 Å². The van der Waals surface area contributed by atoms with Crippen molar-refractivity contribution in [2.75, 3.05) is 6.54 Å². The van der Waals surface area contributed by atoms with Crippen LogP contribution in [0.2, 0.25) is 0 Å². The summed E-state index contributed by atoms with van der Waals surface area (Å²) in [7, 11) is 0. The molecule has 0 saturated carbocycles. The minimum Gasteiger partial charge on any atom is -0.352 e. The topological polar surface area (TPSA) is 29.1 Å². The van der Waals surface area contributed by atoms with Gasteiger partial charge in [0, 0.05) is 12.1 Å². The van der Waals surface area contributed by atoms with Crippen LogP contribution in [0.5, 0.6) is 0 Å². The molecule has 4 heteroatoms. The molecule has 1 rings (SSSR count). The molecule has 0 fully saturated rings. The van der Waals surface area contributed by atoms with Crippen molar-refractivity contribution >= 4 is 5.91 Å². The highest BCUT2D eigenvalue weighted by atomic mass is 19.2. The molecule has 0 bridgehead atoms. The van der Waals surface area contributed by atoms with Gasteiger partial charge in [0.1, 0.15) is 0 Å². The van der Waals surface area contributed by atoms with Crippen molar-refractivity contribution in [3.8, 4) is 0 Å². The summed E-state index contributed by atoms with van der Waals surface area (Å²) >= 11 is 0. The maximum absolute atomic E-state index is 12.9. The van der Waals surface area contributed by atoms with Gasteiger partial charge in [-0.15, -0.1) is 0 Å². The third-order valence-electron chi connectivity index (χ3n) is 2.05. The number of amides is 1. The van der Waals surface area contributed by atoms with E-state index in [9.17, 15) is 13.6 Å². The normalized spacial score (nSPS) is 10.1. The van der Waals surface area contributed by atoms with Crippen molar-refractivity contribution in [3.05, 3.63) is 34.9 Å². The summed E-state index contributed by atoms with van der Waals surface area (Å²) in [5, 5.41) is 2.61. The lowest BCUT2D eigenvalue weighted by Crippen LogP contribution is -2.25. The van der Waals surface area contributed by atoms with Crippen molar-refractivity contribution in [1.82, 2.24) is 5.32 Å². The molecule has 0 saturated heterocycles. The zero-order chi connectivity index (χ0) is 11.4. The van der Waals surface area contributed by atoms with Crippen molar-refractivity contribution < 1.29 is 13.6 Å². The summed E-state index contributed by atoms with van der Waals surface area (Å²) < 4.78 is 25.7. The van der Waals surface area contributed by atoms with Crippen LogP contribution in [0.1, 0.15) is 29.3 Å². The number of hydrogen-bond acceptors (Lipinski definition) is 1. The summed E-state index contributed by atoms with van der Waals surface area (Å²) in [6.07, 6.45) is 0.800. The maximum Gasteiger partial charge on any atom is 0.251 e. The second kappa shape index (κ2) is 4.87. The molecular formula is C11H13F2NO. The second-order valence-electron chi connectivity index (χ2n) is 3.34. The fraction of sp³-hybridized carbons (Fsp3) is 0.364. The third-order valence-corrected chi connectivity index (χ3v) is 2.05. The van der Waals surface area contributed by atoms with Crippen LogP contribution >= 0.6 is 0 Å². The first kappa shape index (κ1) is 11.6. The lowest BCUT2D eigenvalue weighted by molar-refractivity contribution is 0.0952. The van der Waals surface area contributed by atoms with Crippen LogP contribution in [-0.4, -0.2) is 12.5 Å². The second-order valence-corrected chi connectivity index (χ2v) is 3.34. The van der Waals surface area contributed by atoms with Crippen LogP contribution in [0.15, 0.2) is 12.1 Å². The first-order valence-corrected chi connectivity index (χ1v) is 4.80. The molecule has 1 aromatic carbocycles. The molecule has 0 aromatic heterocycles. The molecule has 0 aliphatic heterocycles. The molecule has 0 atom stereocenters. The van der Waals surface area contributed by atoms with Gasteiger partial charge in [-0.2, -0.15) is 0 Å². The Hall–Kier alpha value is -1.45. The summed E-state index contributed by atoms with van der Waals surface area (Å²) in [6, 6.07) is 1.95. The molecule has 0 radical (unpaired) electrons. The van der Waals surface area contributed by atoms with Gasteiger partial charge in [0.05, 0.1) is 0 Å². The molecule has 2 nitrogen and oxygen atoms in total. The minimum absolute atomic E-state index is 0.183. The Morgan fingerprint density at radius 3 is 2.53 bits per heavy atom. The molecule has 1 amide bonds. The Bertz CT molecular complexity index is 377. The standard InChI is InChI=1S/C11H13F2NO/c1-3-4-14-11(15)8-6-10(13)9(12)5-7(8)2/h5-6H,3-4H2,1-2H3,(H,14,15). The molecule has 0 heterocycles. The van der Waals surface area contributed by atoms with Crippen molar-refractivity contribution in [1.29, 1.82) is 0 Å². The first-order valence-electron chi connectivity index (χ1n) is 4.80. The van der Waals surface area contributed by atoms with Crippen LogP contribution in [0.25, 0.3) is 0 Å². The predicted molar refractivity (Wildman–Crippen MR) is 53.7 cm³/mol. The van der Waals surface area contributed by atoms with Gasteiger partial charge in [0.15, 0.2) is 11.6 Å². The fourth-order valence-electron chi connectivity index (χ4n) is 1.22. The molecule has 0 spiro atoms. The van der Waals surface area contributed by atoms with Crippen LogP contribution < -0.4 is 5.32 Å². The Morgan fingerprint density at radius 2 is 1.93 bits per heavy atom. The molecule has 15 heavy (non-hydrogen) atoms. The van der Waals surface area contributed by atoms with E-state index in [-0.39, 0.29) is 11.5 Å². The number of rotatable bonds is 3. The fourth-order valence-corrected chi connectivity index (χ4v) is 1.22. The highest BCUT2D eigenvalue weighted by Gasteiger charge is 2.12. The Kier molecular flexibility index (Phi) is 3.77. The molecule has 0 aliphatic carbocycles. The Morgan fingerprint density at radius 1 is 1.33 bits per heavy atom. The van der Waals surface area contributed by atoms with Crippen LogP contribution in [0.3, 0.4) is 0 Å². The number of halogens is 2. The number of hydrogen-bond donors (Lipinski definition) is 1. The van der Waals surface area contributed by atoms with Gasteiger partial charge in [0.2, 0.25) is 0 Å². The van der Waals surface area contributed by atoms with E-state index in [1.54, 1.807) is 6.92 Å². The van der Waals surface area contributed by atoms with E-state index >= 15 is 0 Å². The largest absolute Gasteiger partial charge is 0.352 e. The number of nitrogens with one attached hydrogen (secondary N) is 1. The lowest BCUT2D eigenvalue weighted by atomic mass is 10.1. The number of carbonyl (C=O) groups excluding carboxylic acids is 1. The molecule has 0 aliphatic rings. The summed E-state index contributed by atoms with van der Waals surface area (Å²) in [6.45, 7) is 4.01. The van der Waals surface area contributed by atoms with Gasteiger partial charge >= 0.3 is 0 Å². The van der Waals surface area contributed by atoms with Gasteiger partial charge < -0.3 is 5.32 Å². The van der Waals surface area contributed by atoms with Crippen molar-refractivity contribution in [3.63, 3.8) is 0 Å². The molecule has 0 unspecified atom stereocenters. The molecular weight excluding hydrogens is 200 g/mol. The van der Waals surface area contributed by atoms with Crippen LogP contribution in [0, 0.1) is 18.6 Å². The summed E-state index contributed by atoms with van der Waals surface area (Å²) in [5.74, 6) is -2.30. The van der Waals surface area contributed by atoms with Gasteiger partial charge in [-0.3, -0.25) is 4.79 Å². The molecule has 82 valence electrons. The SMILES string of the molecule is CCCNC(=O)c1cc(F)c(F)cc1C. The van der Waals surface area contributed by atoms with E-state index in [0.717, 1.165) is 18.6 Å². The highest BCUT2D eigenvalue weighted by molar-refractivity contribution is 5.95. The van der Waals surface area contributed by atoms with E-state index in [4.69, 9.17) is 0 Å². The highest BCUT2D eigenvalue weighted by Crippen LogP contribution is 2.13. The Labute approximate surface area is 87.3 Å². The molecule has 1 aromatic rings. The van der Waals surface area contributed by atoms with Gasteiger partial charge in [0.25, 0.3) is 5.91 Å². The first-order chi connectivity index (χ1) is 7.06. The van der Waals surface area contributed by atoms with E-state index in [1.165, 1.54) is 0 Å². The number of benzene rings is 1. The average molecular weight is 213 g/mol. The predicted octanol–water partition coefficient (Wildman–Crippen LogP) is 2.41. The molecule has 1 N–H and O–H groups in total. The maximum atomic E-state index is 12.9.